The Bertz CT molecular complexity index is 583. The van der Waals surface area contributed by atoms with Gasteiger partial charge in [0.2, 0.25) is 0 Å². The molecular weight excluding hydrogens is 282 g/mol. The number of aromatic amines is 1. The van der Waals surface area contributed by atoms with Crippen LogP contribution in [0.5, 0.6) is 0 Å². The Labute approximate surface area is 120 Å². The van der Waals surface area contributed by atoms with Crippen LogP contribution >= 0.6 is 11.8 Å². The third-order valence-corrected chi connectivity index (χ3v) is 3.41. The number of nitrogens with one attached hydrogen (secondary N) is 2. The monoisotopic (exact) mass is 299 g/mol. The van der Waals surface area contributed by atoms with Crippen molar-refractivity contribution in [3.63, 3.8) is 0 Å². The van der Waals surface area contributed by atoms with E-state index in [0.29, 0.717) is 5.69 Å². The van der Waals surface area contributed by atoms with Crippen LogP contribution in [0.15, 0.2) is 9.82 Å². The Hall–Kier alpha value is -1.83. The van der Waals surface area contributed by atoms with E-state index in [0.717, 1.165) is 11.8 Å². The highest BCUT2D eigenvalue weighted by Crippen LogP contribution is 2.18. The molecule has 1 unspecified atom stereocenters. The van der Waals surface area contributed by atoms with Gasteiger partial charge in [0, 0.05) is 5.69 Å². The van der Waals surface area contributed by atoms with Gasteiger partial charge in [-0.15, -0.1) is 11.8 Å². The van der Waals surface area contributed by atoms with Gasteiger partial charge in [0.15, 0.2) is 0 Å². The van der Waals surface area contributed by atoms with Crippen LogP contribution in [0.25, 0.3) is 0 Å². The number of hydrogen-bond acceptors (Lipinski definition) is 5. The summed E-state index contributed by atoms with van der Waals surface area (Å²) in [6, 6.07) is -0.997. The van der Waals surface area contributed by atoms with E-state index < -0.39 is 23.6 Å². The van der Waals surface area contributed by atoms with Crippen molar-refractivity contribution in [2.45, 2.75) is 31.8 Å². The average Bonchev–Trinajstić information content (AvgIpc) is 2.33. The molecule has 7 nitrogen and oxygen atoms in total. The molecule has 0 saturated carbocycles. The largest absolute Gasteiger partial charge is 0.480 e. The summed E-state index contributed by atoms with van der Waals surface area (Å²) in [6.45, 7) is 4.97. The highest BCUT2D eigenvalue weighted by atomic mass is 32.2. The molecule has 1 aromatic rings. The van der Waals surface area contributed by atoms with Crippen molar-refractivity contribution in [2.24, 2.45) is 5.92 Å². The van der Waals surface area contributed by atoms with Crippen molar-refractivity contribution in [3.8, 4) is 0 Å². The standard InChI is InChI=1S/C12H17N3O4S/c1-5(2)8(11(17)18)14-9(16)7-6(3)13-12(19)15-10(7)20-4/h5,8H,1-4H3,(H,14,16)(H,17,18)(H,13,15,19). The van der Waals surface area contributed by atoms with Crippen LogP contribution in [0.2, 0.25) is 0 Å². The Morgan fingerprint density at radius 2 is 2.00 bits per heavy atom. The van der Waals surface area contributed by atoms with Gasteiger partial charge < -0.3 is 15.4 Å². The van der Waals surface area contributed by atoms with Crippen molar-refractivity contribution in [2.75, 3.05) is 6.26 Å². The number of amides is 1. The number of rotatable bonds is 5. The molecule has 3 N–H and O–H groups in total. The number of carboxylic acid groups (broad SMARTS) is 1. The summed E-state index contributed by atoms with van der Waals surface area (Å²) in [7, 11) is 0. The zero-order valence-corrected chi connectivity index (χ0v) is 12.5. The lowest BCUT2D eigenvalue weighted by Gasteiger charge is -2.19. The first-order chi connectivity index (χ1) is 9.27. The molecule has 0 fully saturated rings. The number of carbonyl (C=O) groups is 2. The first kappa shape index (κ1) is 16.2. The minimum atomic E-state index is -1.10. The highest BCUT2D eigenvalue weighted by Gasteiger charge is 2.26. The Morgan fingerprint density at radius 3 is 2.45 bits per heavy atom. The van der Waals surface area contributed by atoms with E-state index in [1.165, 1.54) is 0 Å². The zero-order valence-electron chi connectivity index (χ0n) is 11.7. The summed E-state index contributed by atoms with van der Waals surface area (Å²) in [6.07, 6.45) is 1.69. The highest BCUT2D eigenvalue weighted by molar-refractivity contribution is 7.98. The summed E-state index contributed by atoms with van der Waals surface area (Å²) in [5.74, 6) is -1.92. The third-order valence-electron chi connectivity index (χ3n) is 2.73. The van der Waals surface area contributed by atoms with Gasteiger partial charge in [-0.3, -0.25) is 4.79 Å². The van der Waals surface area contributed by atoms with Crippen LogP contribution in [0.3, 0.4) is 0 Å². The minimum Gasteiger partial charge on any atom is -0.480 e. The lowest BCUT2D eigenvalue weighted by atomic mass is 10.0. The van der Waals surface area contributed by atoms with Crippen LogP contribution in [-0.2, 0) is 4.79 Å². The molecule has 0 aliphatic rings. The van der Waals surface area contributed by atoms with E-state index in [-0.39, 0.29) is 16.5 Å². The van der Waals surface area contributed by atoms with E-state index in [1.807, 2.05) is 0 Å². The molecule has 1 amide bonds. The predicted octanol–water partition coefficient (Wildman–Crippen LogP) is 0.639. The Balaban J connectivity index is 3.15. The number of aryl methyl sites for hydroxylation is 1. The maximum absolute atomic E-state index is 12.2. The topological polar surface area (TPSA) is 112 Å². The van der Waals surface area contributed by atoms with Gasteiger partial charge in [0.25, 0.3) is 5.91 Å². The molecule has 0 radical (unpaired) electrons. The van der Waals surface area contributed by atoms with E-state index in [4.69, 9.17) is 5.11 Å². The third kappa shape index (κ3) is 3.60. The quantitative estimate of drug-likeness (QED) is 0.543. The van der Waals surface area contributed by atoms with Gasteiger partial charge in [-0.2, -0.15) is 4.98 Å². The second-order valence-electron chi connectivity index (χ2n) is 4.58. The number of carbonyl (C=O) groups excluding carboxylic acids is 1. The van der Waals surface area contributed by atoms with Crippen LogP contribution < -0.4 is 11.0 Å². The molecule has 0 saturated heterocycles. The van der Waals surface area contributed by atoms with Crippen molar-refractivity contribution in [1.29, 1.82) is 0 Å². The normalized spacial score (nSPS) is 12.2. The SMILES string of the molecule is CSc1nc(=O)[nH]c(C)c1C(=O)NC(C(=O)O)C(C)C. The van der Waals surface area contributed by atoms with Gasteiger partial charge in [0.1, 0.15) is 11.1 Å². The Morgan fingerprint density at radius 1 is 1.40 bits per heavy atom. The van der Waals surface area contributed by atoms with Gasteiger partial charge >= 0.3 is 11.7 Å². The van der Waals surface area contributed by atoms with Gasteiger partial charge in [-0.1, -0.05) is 13.8 Å². The average molecular weight is 299 g/mol. The maximum Gasteiger partial charge on any atom is 0.346 e. The van der Waals surface area contributed by atoms with Crippen molar-refractivity contribution in [3.05, 3.63) is 21.7 Å². The predicted molar refractivity (Wildman–Crippen MR) is 75.1 cm³/mol. The number of aromatic nitrogens is 2. The number of hydrogen-bond donors (Lipinski definition) is 3. The van der Waals surface area contributed by atoms with E-state index in [2.05, 4.69) is 15.3 Å². The zero-order chi connectivity index (χ0) is 15.4. The number of nitrogens with zero attached hydrogens (tertiary/aromatic N) is 1. The summed E-state index contributed by atoms with van der Waals surface area (Å²) in [5.41, 5.74) is 0.0192. The molecule has 0 aromatic carbocycles. The molecule has 0 spiro atoms. The van der Waals surface area contributed by atoms with Crippen molar-refractivity contribution < 1.29 is 14.7 Å². The fourth-order valence-corrected chi connectivity index (χ4v) is 2.33. The minimum absolute atomic E-state index is 0.198. The van der Waals surface area contributed by atoms with E-state index >= 15 is 0 Å². The molecule has 8 heteroatoms. The van der Waals surface area contributed by atoms with Crippen LogP contribution in [0.4, 0.5) is 0 Å². The fraction of sp³-hybridized carbons (Fsp3) is 0.500. The summed E-state index contributed by atoms with van der Waals surface area (Å²) in [5, 5.41) is 11.8. The molecule has 1 atom stereocenters. The molecule has 0 bridgehead atoms. The smallest absolute Gasteiger partial charge is 0.346 e. The maximum atomic E-state index is 12.2. The summed E-state index contributed by atoms with van der Waals surface area (Å²) < 4.78 is 0. The number of thioether (sulfide) groups is 1. The molecule has 1 rings (SSSR count). The van der Waals surface area contributed by atoms with Crippen molar-refractivity contribution in [1.82, 2.24) is 15.3 Å². The van der Waals surface area contributed by atoms with Gasteiger partial charge in [0.05, 0.1) is 5.56 Å². The number of H-pyrrole nitrogens is 1. The molecule has 0 aliphatic heterocycles. The van der Waals surface area contributed by atoms with Crippen LogP contribution in [-0.4, -0.2) is 39.2 Å². The van der Waals surface area contributed by atoms with Crippen molar-refractivity contribution >= 4 is 23.6 Å². The first-order valence-electron chi connectivity index (χ1n) is 5.96. The molecule has 1 aromatic heterocycles. The molecular formula is C12H17N3O4S. The molecule has 0 aliphatic carbocycles. The summed E-state index contributed by atoms with van der Waals surface area (Å²) in [4.78, 5) is 40.8. The van der Waals surface area contributed by atoms with E-state index in [9.17, 15) is 14.4 Å². The molecule has 1 heterocycles. The van der Waals surface area contributed by atoms with Crippen LogP contribution in [0.1, 0.15) is 29.9 Å². The summed E-state index contributed by atoms with van der Waals surface area (Å²) >= 11 is 1.16. The number of aliphatic carboxylic acids is 1. The lowest BCUT2D eigenvalue weighted by molar-refractivity contribution is -0.140. The van der Waals surface area contributed by atoms with Gasteiger partial charge in [-0.25, -0.2) is 9.59 Å². The fourth-order valence-electron chi connectivity index (χ4n) is 1.70. The van der Waals surface area contributed by atoms with Crippen LogP contribution in [0, 0.1) is 12.8 Å². The first-order valence-corrected chi connectivity index (χ1v) is 7.19. The second-order valence-corrected chi connectivity index (χ2v) is 5.38. The lowest BCUT2D eigenvalue weighted by Crippen LogP contribution is -2.45. The van der Waals surface area contributed by atoms with Gasteiger partial charge in [-0.05, 0) is 19.1 Å². The van der Waals surface area contributed by atoms with E-state index in [1.54, 1.807) is 27.0 Å². The number of carboxylic acids is 1. The second kappa shape index (κ2) is 6.56. The Kier molecular flexibility index (Phi) is 5.32. The molecule has 110 valence electrons. The molecule has 20 heavy (non-hydrogen) atoms.